The number of amides is 1. The van der Waals surface area contributed by atoms with Gasteiger partial charge in [-0.15, -0.1) is 21.5 Å². The Kier molecular flexibility index (Phi) is 3.79. The Morgan fingerprint density at radius 3 is 2.70 bits per heavy atom. The molecule has 3 aromatic rings. The van der Waals surface area contributed by atoms with Crippen LogP contribution in [0.4, 0.5) is 5.69 Å². The number of carbonyl (C=O) groups is 1. The van der Waals surface area contributed by atoms with Crippen molar-refractivity contribution in [2.24, 2.45) is 0 Å². The topological polar surface area (TPSA) is 68.0 Å². The monoisotopic (exact) mass is 397 g/mol. The van der Waals surface area contributed by atoms with Crippen molar-refractivity contribution in [1.29, 1.82) is 0 Å². The van der Waals surface area contributed by atoms with Crippen LogP contribution in [0.5, 0.6) is 0 Å². The maximum absolute atomic E-state index is 12.0. The van der Waals surface area contributed by atoms with Gasteiger partial charge in [-0.25, -0.2) is 0 Å². The molecule has 0 atom stereocenters. The van der Waals surface area contributed by atoms with Gasteiger partial charge in [0.05, 0.1) is 8.45 Å². The lowest BCUT2D eigenvalue weighted by Gasteiger charge is -2.04. The van der Waals surface area contributed by atoms with Gasteiger partial charge in [-0.3, -0.25) is 4.79 Å². The van der Waals surface area contributed by atoms with Crippen LogP contribution in [0.3, 0.4) is 0 Å². The molecule has 100 valence electrons. The van der Waals surface area contributed by atoms with Crippen molar-refractivity contribution in [2.75, 3.05) is 5.32 Å². The smallest absolute Gasteiger partial charge is 0.256 e. The molecule has 0 saturated carbocycles. The van der Waals surface area contributed by atoms with Crippen molar-refractivity contribution in [3.63, 3.8) is 0 Å². The minimum absolute atomic E-state index is 0.116. The molecule has 2 aromatic heterocycles. The maximum Gasteiger partial charge on any atom is 0.256 e. The van der Waals surface area contributed by atoms with Crippen LogP contribution in [0.2, 0.25) is 0 Å². The van der Waals surface area contributed by atoms with Gasteiger partial charge in [-0.2, -0.15) is 0 Å². The lowest BCUT2D eigenvalue weighted by Crippen LogP contribution is -2.10. The molecule has 7 heteroatoms. The van der Waals surface area contributed by atoms with E-state index in [0.717, 1.165) is 14.1 Å². The van der Waals surface area contributed by atoms with Gasteiger partial charge in [0.2, 0.25) is 12.3 Å². The van der Waals surface area contributed by atoms with E-state index < -0.39 is 0 Å². The van der Waals surface area contributed by atoms with Crippen molar-refractivity contribution >= 4 is 45.5 Å². The maximum atomic E-state index is 12.0. The molecule has 0 radical (unpaired) electrons. The second-order valence-electron chi connectivity index (χ2n) is 3.91. The quantitative estimate of drug-likeness (QED) is 0.686. The lowest BCUT2D eigenvalue weighted by atomic mass is 10.2. The molecule has 0 spiro atoms. The van der Waals surface area contributed by atoms with Crippen molar-refractivity contribution in [3.8, 4) is 11.5 Å². The van der Waals surface area contributed by atoms with Crippen molar-refractivity contribution < 1.29 is 9.21 Å². The third-order valence-electron chi connectivity index (χ3n) is 2.58. The molecule has 1 amide bonds. The average Bonchev–Trinajstić information content (AvgIpc) is 3.10. The van der Waals surface area contributed by atoms with E-state index in [1.165, 1.54) is 6.39 Å². The SMILES string of the molecule is O=C(Nc1ccc(-c2nnco2)cc1)c1csc(I)c1. The van der Waals surface area contributed by atoms with E-state index in [4.69, 9.17) is 4.42 Å². The Morgan fingerprint density at radius 1 is 1.30 bits per heavy atom. The molecular weight excluding hydrogens is 389 g/mol. The van der Waals surface area contributed by atoms with Gasteiger partial charge in [0, 0.05) is 16.6 Å². The molecule has 0 unspecified atom stereocenters. The fourth-order valence-corrected chi connectivity index (χ4v) is 2.95. The minimum atomic E-state index is -0.116. The number of halogens is 1. The fraction of sp³-hybridized carbons (Fsp3) is 0. The number of carbonyl (C=O) groups excluding carboxylic acids is 1. The number of rotatable bonds is 3. The zero-order valence-corrected chi connectivity index (χ0v) is 13.0. The normalized spacial score (nSPS) is 10.4. The highest BCUT2D eigenvalue weighted by Crippen LogP contribution is 2.21. The standard InChI is InChI=1S/C13H8IN3O2S/c14-11-5-9(6-20-11)12(18)16-10-3-1-8(2-4-10)13-17-15-7-19-13/h1-7H,(H,16,18). The number of benzene rings is 1. The Hall–Kier alpha value is -1.74. The molecule has 1 N–H and O–H groups in total. The van der Waals surface area contributed by atoms with Crippen molar-refractivity contribution in [2.45, 2.75) is 0 Å². The number of thiophene rings is 1. The fourth-order valence-electron chi connectivity index (χ4n) is 1.63. The summed E-state index contributed by atoms with van der Waals surface area (Å²) in [6, 6.07) is 9.10. The Balaban J connectivity index is 1.74. The summed E-state index contributed by atoms with van der Waals surface area (Å²) in [5, 5.41) is 12.1. The second kappa shape index (κ2) is 5.71. The Morgan fingerprint density at radius 2 is 2.10 bits per heavy atom. The highest BCUT2D eigenvalue weighted by atomic mass is 127. The molecule has 5 nitrogen and oxygen atoms in total. The molecule has 0 saturated heterocycles. The van der Waals surface area contributed by atoms with Gasteiger partial charge >= 0.3 is 0 Å². The van der Waals surface area contributed by atoms with Crippen LogP contribution in [-0.2, 0) is 0 Å². The van der Waals surface area contributed by atoms with Gasteiger partial charge < -0.3 is 9.73 Å². The summed E-state index contributed by atoms with van der Waals surface area (Å²) in [5.41, 5.74) is 2.20. The molecule has 1 aromatic carbocycles. The predicted molar refractivity (Wildman–Crippen MR) is 84.7 cm³/mol. The Labute approximate surface area is 132 Å². The summed E-state index contributed by atoms with van der Waals surface area (Å²) in [7, 11) is 0. The zero-order valence-electron chi connectivity index (χ0n) is 10.0. The van der Waals surface area contributed by atoms with Crippen molar-refractivity contribution in [1.82, 2.24) is 10.2 Å². The molecule has 20 heavy (non-hydrogen) atoms. The number of hydrogen-bond acceptors (Lipinski definition) is 5. The second-order valence-corrected chi connectivity index (χ2v) is 6.72. The van der Waals surface area contributed by atoms with Crippen LogP contribution in [0.25, 0.3) is 11.5 Å². The van der Waals surface area contributed by atoms with E-state index in [0.29, 0.717) is 11.5 Å². The average molecular weight is 397 g/mol. The first-order chi connectivity index (χ1) is 9.72. The van der Waals surface area contributed by atoms with E-state index in [2.05, 4.69) is 38.1 Å². The van der Waals surface area contributed by atoms with E-state index in [1.54, 1.807) is 23.5 Å². The van der Waals surface area contributed by atoms with Crippen LogP contribution < -0.4 is 5.32 Å². The van der Waals surface area contributed by atoms with Crippen LogP contribution in [0, 0.1) is 2.88 Å². The third kappa shape index (κ3) is 2.88. The molecule has 0 aliphatic rings. The van der Waals surface area contributed by atoms with Gasteiger partial charge in [0.1, 0.15) is 0 Å². The van der Waals surface area contributed by atoms with Gasteiger partial charge in [0.25, 0.3) is 5.91 Å². The summed E-state index contributed by atoms with van der Waals surface area (Å²) in [5.74, 6) is 0.338. The predicted octanol–water partition coefficient (Wildman–Crippen LogP) is 3.66. The van der Waals surface area contributed by atoms with Gasteiger partial charge in [-0.05, 0) is 52.9 Å². The summed E-state index contributed by atoms with van der Waals surface area (Å²) in [6.45, 7) is 0. The van der Waals surface area contributed by atoms with E-state index in [1.807, 2.05) is 23.6 Å². The first kappa shape index (κ1) is 13.3. The van der Waals surface area contributed by atoms with E-state index in [9.17, 15) is 4.79 Å². The lowest BCUT2D eigenvalue weighted by molar-refractivity contribution is 0.102. The van der Waals surface area contributed by atoms with Crippen LogP contribution in [0.1, 0.15) is 10.4 Å². The Bertz CT molecular complexity index is 722. The number of aromatic nitrogens is 2. The highest BCUT2D eigenvalue weighted by Gasteiger charge is 2.09. The first-order valence-electron chi connectivity index (χ1n) is 5.64. The zero-order chi connectivity index (χ0) is 13.9. The summed E-state index contributed by atoms with van der Waals surface area (Å²) >= 11 is 3.73. The van der Waals surface area contributed by atoms with Crippen LogP contribution in [-0.4, -0.2) is 16.1 Å². The summed E-state index contributed by atoms with van der Waals surface area (Å²) < 4.78 is 6.19. The molecule has 0 bridgehead atoms. The molecular formula is C13H8IN3O2S. The molecule has 2 heterocycles. The van der Waals surface area contributed by atoms with Crippen molar-refractivity contribution in [3.05, 3.63) is 50.6 Å². The van der Waals surface area contributed by atoms with Gasteiger partial charge in [-0.1, -0.05) is 0 Å². The van der Waals surface area contributed by atoms with E-state index in [-0.39, 0.29) is 5.91 Å². The largest absolute Gasteiger partial charge is 0.423 e. The first-order valence-corrected chi connectivity index (χ1v) is 7.60. The number of nitrogens with one attached hydrogen (secondary N) is 1. The third-order valence-corrected chi connectivity index (χ3v) is 4.37. The highest BCUT2D eigenvalue weighted by molar-refractivity contribution is 14.1. The molecule has 0 aliphatic heterocycles. The molecule has 0 fully saturated rings. The van der Waals surface area contributed by atoms with Crippen LogP contribution in [0.15, 0.2) is 46.5 Å². The minimum Gasteiger partial charge on any atom is -0.423 e. The van der Waals surface area contributed by atoms with E-state index >= 15 is 0 Å². The number of anilines is 1. The molecule has 0 aliphatic carbocycles. The summed E-state index contributed by atoms with van der Waals surface area (Å²) in [4.78, 5) is 12.0. The number of hydrogen-bond donors (Lipinski definition) is 1. The number of nitrogens with zero attached hydrogens (tertiary/aromatic N) is 2. The van der Waals surface area contributed by atoms with Gasteiger partial charge in [0.15, 0.2) is 0 Å². The molecule has 3 rings (SSSR count). The summed E-state index contributed by atoms with van der Waals surface area (Å²) in [6.07, 6.45) is 1.28. The van der Waals surface area contributed by atoms with Crippen LogP contribution >= 0.6 is 33.9 Å².